The zero-order valence-electron chi connectivity index (χ0n) is 13.7. The summed E-state index contributed by atoms with van der Waals surface area (Å²) in [6.07, 6.45) is 1.76. The maximum Gasteiger partial charge on any atom is 0.275 e. The molecule has 24 heavy (non-hydrogen) atoms. The molecule has 2 aromatic heterocycles. The summed E-state index contributed by atoms with van der Waals surface area (Å²) in [4.78, 5) is 19.3. The van der Waals surface area contributed by atoms with E-state index in [1.165, 1.54) is 0 Å². The minimum absolute atomic E-state index is 0.0918. The summed E-state index contributed by atoms with van der Waals surface area (Å²) in [5.74, 6) is 1.27. The highest BCUT2D eigenvalue weighted by molar-refractivity contribution is 6.04. The van der Waals surface area contributed by atoms with E-state index in [0.717, 1.165) is 23.7 Å². The van der Waals surface area contributed by atoms with Crippen LogP contribution < -0.4 is 0 Å². The van der Waals surface area contributed by atoms with Gasteiger partial charge in [0.25, 0.3) is 5.91 Å². The van der Waals surface area contributed by atoms with Gasteiger partial charge in [0.05, 0.1) is 11.6 Å². The molecule has 1 saturated heterocycles. The fourth-order valence-electron chi connectivity index (χ4n) is 3.16. The average molecular weight is 325 g/mol. The van der Waals surface area contributed by atoms with Crippen molar-refractivity contribution < 1.29 is 9.32 Å². The van der Waals surface area contributed by atoms with Crippen LogP contribution in [0.1, 0.15) is 60.9 Å². The number of rotatable bonds is 3. The number of aromatic nitrogens is 4. The molecule has 4 rings (SSSR count). The molecular formula is C17H19N5O2. The van der Waals surface area contributed by atoms with E-state index in [1.807, 2.05) is 38.1 Å². The van der Waals surface area contributed by atoms with Crippen molar-refractivity contribution in [3.63, 3.8) is 0 Å². The summed E-state index contributed by atoms with van der Waals surface area (Å²) in [6, 6.07) is 7.49. The van der Waals surface area contributed by atoms with Crippen molar-refractivity contribution in [1.29, 1.82) is 0 Å². The molecule has 124 valence electrons. The number of fused-ring (bicyclic) bond motifs is 1. The minimum atomic E-state index is -0.149. The normalized spacial score (nSPS) is 18.0. The van der Waals surface area contributed by atoms with Crippen LogP contribution in [-0.4, -0.2) is 37.7 Å². The van der Waals surface area contributed by atoms with Crippen molar-refractivity contribution in [2.75, 3.05) is 6.54 Å². The Balaban J connectivity index is 1.65. The maximum absolute atomic E-state index is 13.0. The van der Waals surface area contributed by atoms with Crippen molar-refractivity contribution in [1.82, 2.24) is 25.2 Å². The third-order valence-corrected chi connectivity index (χ3v) is 4.44. The Bertz CT molecular complexity index is 882. The Hall–Kier alpha value is -2.70. The number of benzene rings is 1. The molecule has 7 heteroatoms. The number of amides is 1. The number of nitrogens with one attached hydrogen (secondary N) is 1. The lowest BCUT2D eigenvalue weighted by Gasteiger charge is -2.21. The van der Waals surface area contributed by atoms with E-state index >= 15 is 0 Å². The zero-order valence-corrected chi connectivity index (χ0v) is 13.7. The van der Waals surface area contributed by atoms with Crippen LogP contribution in [0.25, 0.3) is 10.9 Å². The highest BCUT2D eigenvalue weighted by Gasteiger charge is 2.35. The first-order valence-electron chi connectivity index (χ1n) is 8.22. The molecule has 1 atom stereocenters. The second-order valence-corrected chi connectivity index (χ2v) is 6.42. The molecule has 1 N–H and O–H groups in total. The van der Waals surface area contributed by atoms with Gasteiger partial charge in [-0.15, -0.1) is 0 Å². The van der Waals surface area contributed by atoms with Crippen LogP contribution in [0.2, 0.25) is 0 Å². The Morgan fingerprint density at radius 1 is 1.38 bits per heavy atom. The number of hydrogen-bond donors (Lipinski definition) is 1. The molecule has 1 aliphatic rings. The summed E-state index contributed by atoms with van der Waals surface area (Å²) in [5.41, 5.74) is 1.31. The molecule has 3 aromatic rings. The first-order chi connectivity index (χ1) is 11.6. The predicted molar refractivity (Wildman–Crippen MR) is 87.5 cm³/mol. The van der Waals surface area contributed by atoms with E-state index in [1.54, 1.807) is 4.90 Å². The minimum Gasteiger partial charge on any atom is -0.339 e. The van der Waals surface area contributed by atoms with Crippen molar-refractivity contribution >= 4 is 16.8 Å². The van der Waals surface area contributed by atoms with Crippen LogP contribution in [0, 0.1) is 0 Å². The molecule has 1 unspecified atom stereocenters. The molecule has 0 saturated carbocycles. The Labute approximate surface area is 139 Å². The molecule has 0 radical (unpaired) electrons. The number of nitrogens with zero attached hydrogens (tertiary/aromatic N) is 4. The first kappa shape index (κ1) is 14.9. The highest BCUT2D eigenvalue weighted by Crippen LogP contribution is 2.32. The van der Waals surface area contributed by atoms with Gasteiger partial charge in [0, 0.05) is 17.8 Å². The van der Waals surface area contributed by atoms with Crippen LogP contribution in [0.5, 0.6) is 0 Å². The lowest BCUT2D eigenvalue weighted by molar-refractivity contribution is 0.0724. The van der Waals surface area contributed by atoms with E-state index < -0.39 is 0 Å². The van der Waals surface area contributed by atoms with E-state index in [0.29, 0.717) is 24.0 Å². The van der Waals surface area contributed by atoms with Crippen molar-refractivity contribution in [2.24, 2.45) is 0 Å². The van der Waals surface area contributed by atoms with Crippen molar-refractivity contribution in [3.8, 4) is 0 Å². The number of H-pyrrole nitrogens is 1. The first-order valence-corrected chi connectivity index (χ1v) is 8.22. The molecule has 0 aliphatic carbocycles. The number of likely N-dealkylation sites (tertiary alicyclic amines) is 1. The maximum atomic E-state index is 13.0. The molecule has 0 spiro atoms. The monoisotopic (exact) mass is 325 g/mol. The fraction of sp³-hybridized carbons (Fsp3) is 0.412. The summed E-state index contributed by atoms with van der Waals surface area (Å²) in [5, 5.41) is 12.1. The number of para-hydroxylation sites is 1. The fourth-order valence-corrected chi connectivity index (χ4v) is 3.16. The van der Waals surface area contributed by atoms with Crippen LogP contribution in [0.4, 0.5) is 0 Å². The number of carbonyl (C=O) groups excluding carboxylic acids is 1. The Kier molecular flexibility index (Phi) is 3.55. The van der Waals surface area contributed by atoms with Gasteiger partial charge in [-0.1, -0.05) is 37.2 Å². The van der Waals surface area contributed by atoms with Crippen LogP contribution >= 0.6 is 0 Å². The largest absolute Gasteiger partial charge is 0.339 e. The second-order valence-electron chi connectivity index (χ2n) is 6.42. The number of aromatic amines is 1. The van der Waals surface area contributed by atoms with Gasteiger partial charge in [-0.3, -0.25) is 9.89 Å². The molecular weight excluding hydrogens is 306 g/mol. The Morgan fingerprint density at radius 2 is 2.21 bits per heavy atom. The van der Waals surface area contributed by atoms with E-state index in [2.05, 4.69) is 20.3 Å². The topological polar surface area (TPSA) is 87.9 Å². The van der Waals surface area contributed by atoms with Crippen molar-refractivity contribution in [2.45, 2.75) is 38.6 Å². The predicted octanol–water partition coefficient (Wildman–Crippen LogP) is 3.05. The van der Waals surface area contributed by atoms with Crippen LogP contribution in [-0.2, 0) is 0 Å². The summed E-state index contributed by atoms with van der Waals surface area (Å²) in [6.45, 7) is 4.69. The average Bonchev–Trinajstić information content (AvgIpc) is 3.31. The summed E-state index contributed by atoms with van der Waals surface area (Å²) in [7, 11) is 0. The number of carbonyl (C=O) groups is 1. The Morgan fingerprint density at radius 3 is 3.00 bits per heavy atom. The van der Waals surface area contributed by atoms with Crippen LogP contribution in [0.15, 0.2) is 28.8 Å². The highest BCUT2D eigenvalue weighted by atomic mass is 16.5. The van der Waals surface area contributed by atoms with E-state index in [4.69, 9.17) is 4.52 Å². The molecule has 1 aromatic carbocycles. The van der Waals surface area contributed by atoms with Gasteiger partial charge >= 0.3 is 0 Å². The summed E-state index contributed by atoms with van der Waals surface area (Å²) < 4.78 is 5.31. The lowest BCUT2D eigenvalue weighted by Crippen LogP contribution is -2.31. The van der Waals surface area contributed by atoms with Gasteiger partial charge in [0.2, 0.25) is 5.89 Å². The van der Waals surface area contributed by atoms with Gasteiger partial charge in [0.1, 0.15) is 0 Å². The lowest BCUT2D eigenvalue weighted by atomic mass is 10.1. The van der Waals surface area contributed by atoms with Crippen molar-refractivity contribution in [3.05, 3.63) is 41.7 Å². The smallest absolute Gasteiger partial charge is 0.275 e. The van der Waals surface area contributed by atoms with E-state index in [-0.39, 0.29) is 17.9 Å². The molecule has 1 fully saturated rings. The number of hydrogen-bond acceptors (Lipinski definition) is 5. The molecule has 1 amide bonds. The standard InChI is InChI=1S/C17H19N5O2/c1-10(2)16-18-15(21-24-16)13-8-5-9-22(13)17(23)14-11-6-3-4-7-12(11)19-20-14/h3-4,6-7,10,13H,5,8-9H2,1-2H3,(H,19,20). The van der Waals surface area contributed by atoms with Gasteiger partial charge in [0.15, 0.2) is 11.5 Å². The van der Waals surface area contributed by atoms with Gasteiger partial charge in [-0.05, 0) is 18.9 Å². The summed E-state index contributed by atoms with van der Waals surface area (Å²) >= 11 is 0. The zero-order chi connectivity index (χ0) is 16.7. The second kappa shape index (κ2) is 5.74. The van der Waals surface area contributed by atoms with Gasteiger partial charge in [-0.25, -0.2) is 0 Å². The molecule has 0 bridgehead atoms. The SMILES string of the molecule is CC(C)c1nc(C2CCCN2C(=O)c2n[nH]c3ccccc23)no1. The van der Waals surface area contributed by atoms with Gasteiger partial charge in [-0.2, -0.15) is 10.1 Å². The van der Waals surface area contributed by atoms with E-state index in [9.17, 15) is 4.79 Å². The quantitative estimate of drug-likeness (QED) is 0.799. The molecule has 3 heterocycles. The van der Waals surface area contributed by atoms with Crippen LogP contribution in [0.3, 0.4) is 0 Å². The molecule has 7 nitrogen and oxygen atoms in total. The molecule has 1 aliphatic heterocycles. The third-order valence-electron chi connectivity index (χ3n) is 4.44. The third kappa shape index (κ3) is 2.36. The van der Waals surface area contributed by atoms with Gasteiger partial charge < -0.3 is 9.42 Å².